The van der Waals surface area contributed by atoms with Crippen molar-refractivity contribution in [3.8, 4) is 5.69 Å². The summed E-state index contributed by atoms with van der Waals surface area (Å²) < 4.78 is 16.8. The molecule has 6 nitrogen and oxygen atoms in total. The van der Waals surface area contributed by atoms with Crippen molar-refractivity contribution in [2.45, 2.75) is 61.3 Å². The van der Waals surface area contributed by atoms with Crippen LogP contribution in [0.15, 0.2) is 30.5 Å². The second-order valence-corrected chi connectivity index (χ2v) is 8.69. The fourth-order valence-electron chi connectivity index (χ4n) is 3.66. The predicted octanol–water partition coefficient (Wildman–Crippen LogP) is 6.05. The minimum absolute atomic E-state index is 0.138. The first-order chi connectivity index (χ1) is 14.6. The SMILES string of the molecule is CC.Cc1c(C(C)C)n(-c2ccc(F)cc2)c2nc3cnn(C(=O)C(C)(C)C)c3nc12. The van der Waals surface area contributed by atoms with E-state index in [4.69, 9.17) is 9.97 Å². The van der Waals surface area contributed by atoms with Crippen molar-refractivity contribution >= 4 is 28.2 Å². The third kappa shape index (κ3) is 3.84. The van der Waals surface area contributed by atoms with Gasteiger partial charge in [0.1, 0.15) is 16.9 Å². The highest BCUT2D eigenvalue weighted by Gasteiger charge is 2.28. The highest BCUT2D eigenvalue weighted by atomic mass is 19.1. The van der Waals surface area contributed by atoms with Crippen molar-refractivity contribution in [3.63, 3.8) is 0 Å². The topological polar surface area (TPSA) is 65.6 Å². The van der Waals surface area contributed by atoms with E-state index in [2.05, 4.69) is 18.9 Å². The molecule has 0 atom stereocenters. The third-order valence-corrected chi connectivity index (χ3v) is 5.04. The smallest absolute Gasteiger partial charge is 0.254 e. The molecule has 0 aliphatic heterocycles. The zero-order chi connectivity index (χ0) is 23.1. The Bertz CT molecular complexity index is 1240. The molecule has 7 heteroatoms. The van der Waals surface area contributed by atoms with Crippen LogP contribution in [0.5, 0.6) is 0 Å². The molecular formula is C24H30FN5O. The number of aromatic nitrogens is 5. The normalized spacial score (nSPS) is 11.8. The maximum absolute atomic E-state index is 13.5. The van der Waals surface area contributed by atoms with Crippen molar-refractivity contribution in [2.24, 2.45) is 5.41 Å². The Balaban J connectivity index is 0.00000132. The number of carbonyl (C=O) groups excluding carboxylic acids is 1. The minimum Gasteiger partial charge on any atom is -0.296 e. The molecule has 3 aromatic heterocycles. The molecule has 0 saturated carbocycles. The van der Waals surface area contributed by atoms with Crippen LogP contribution in [0.4, 0.5) is 4.39 Å². The molecular weight excluding hydrogens is 393 g/mol. The molecule has 1 aromatic carbocycles. The van der Waals surface area contributed by atoms with Crippen molar-refractivity contribution in [1.29, 1.82) is 0 Å². The van der Waals surface area contributed by atoms with Gasteiger partial charge in [-0.1, -0.05) is 48.5 Å². The number of hydrogen-bond acceptors (Lipinski definition) is 4. The third-order valence-electron chi connectivity index (χ3n) is 5.04. The Labute approximate surface area is 182 Å². The zero-order valence-electron chi connectivity index (χ0n) is 19.5. The summed E-state index contributed by atoms with van der Waals surface area (Å²) in [6, 6.07) is 6.34. The number of aryl methyl sites for hydroxylation is 1. The average molecular weight is 424 g/mol. The summed E-state index contributed by atoms with van der Waals surface area (Å²) in [4.78, 5) is 22.4. The standard InChI is InChI=1S/C22H24FN5O.C2H6/c1-12(2)18-13(3)17-20(27(18)15-9-7-14(23)8-10-15)25-16-11-24-28(19(16)26-17)21(29)22(4,5)6;1-2/h7-12H,1-6H3;1-2H3. The fraction of sp³-hybridized carbons (Fsp3) is 0.417. The second kappa shape index (κ2) is 8.21. The van der Waals surface area contributed by atoms with E-state index in [9.17, 15) is 9.18 Å². The molecule has 0 aliphatic carbocycles. The average Bonchev–Trinajstić information content (AvgIpc) is 3.26. The number of rotatable bonds is 2. The van der Waals surface area contributed by atoms with Crippen molar-refractivity contribution < 1.29 is 9.18 Å². The second-order valence-electron chi connectivity index (χ2n) is 8.69. The minimum atomic E-state index is -0.590. The van der Waals surface area contributed by atoms with Crippen molar-refractivity contribution in [1.82, 2.24) is 24.3 Å². The van der Waals surface area contributed by atoms with Crippen LogP contribution in [0.3, 0.4) is 0 Å². The van der Waals surface area contributed by atoms with E-state index in [0.717, 1.165) is 16.9 Å². The van der Waals surface area contributed by atoms with Crippen LogP contribution in [-0.4, -0.2) is 30.2 Å². The number of hydrogen-bond donors (Lipinski definition) is 0. The molecule has 0 spiro atoms. The van der Waals surface area contributed by atoms with Gasteiger partial charge in [0.15, 0.2) is 11.3 Å². The van der Waals surface area contributed by atoms with Crippen LogP contribution in [0.2, 0.25) is 0 Å². The maximum atomic E-state index is 13.5. The molecule has 0 saturated heterocycles. The van der Waals surface area contributed by atoms with Crippen LogP contribution in [0.25, 0.3) is 28.0 Å². The molecule has 0 amide bonds. The fourth-order valence-corrected chi connectivity index (χ4v) is 3.66. The quantitative estimate of drug-likeness (QED) is 0.393. The van der Waals surface area contributed by atoms with Crippen LogP contribution >= 0.6 is 0 Å². The maximum Gasteiger partial charge on any atom is 0.254 e. The first-order valence-electron chi connectivity index (χ1n) is 10.7. The summed E-state index contributed by atoms with van der Waals surface area (Å²) in [5, 5.41) is 4.25. The van der Waals surface area contributed by atoms with Gasteiger partial charge in [-0.2, -0.15) is 9.78 Å². The molecule has 0 fully saturated rings. The van der Waals surface area contributed by atoms with Gasteiger partial charge in [0.2, 0.25) is 0 Å². The van der Waals surface area contributed by atoms with E-state index in [0.29, 0.717) is 22.3 Å². The van der Waals surface area contributed by atoms with Gasteiger partial charge >= 0.3 is 0 Å². The van der Waals surface area contributed by atoms with Gasteiger partial charge in [0.25, 0.3) is 5.91 Å². The molecule has 0 bridgehead atoms. The van der Waals surface area contributed by atoms with Gasteiger partial charge in [0.05, 0.1) is 6.20 Å². The lowest BCUT2D eigenvalue weighted by Crippen LogP contribution is -2.27. The first kappa shape index (κ1) is 22.6. The molecule has 31 heavy (non-hydrogen) atoms. The van der Waals surface area contributed by atoms with Crippen LogP contribution in [-0.2, 0) is 0 Å². The van der Waals surface area contributed by atoms with E-state index in [1.165, 1.54) is 16.8 Å². The molecule has 164 valence electrons. The van der Waals surface area contributed by atoms with E-state index >= 15 is 0 Å². The molecule has 4 rings (SSSR count). The Morgan fingerprint density at radius 2 is 1.65 bits per heavy atom. The molecule has 4 aromatic rings. The monoisotopic (exact) mass is 423 g/mol. The number of benzene rings is 1. The van der Waals surface area contributed by atoms with Gasteiger partial charge in [-0.15, -0.1) is 0 Å². The molecule has 0 N–H and O–H groups in total. The van der Waals surface area contributed by atoms with Gasteiger partial charge < -0.3 is 0 Å². The zero-order valence-corrected chi connectivity index (χ0v) is 19.5. The molecule has 0 aliphatic rings. The summed E-state index contributed by atoms with van der Waals surface area (Å²) in [6.07, 6.45) is 1.57. The lowest BCUT2D eigenvalue weighted by Gasteiger charge is -2.16. The highest BCUT2D eigenvalue weighted by molar-refractivity contribution is 5.94. The largest absolute Gasteiger partial charge is 0.296 e. The van der Waals surface area contributed by atoms with Crippen LogP contribution in [0.1, 0.15) is 70.4 Å². The summed E-state index contributed by atoms with van der Waals surface area (Å²) in [7, 11) is 0. The Kier molecular flexibility index (Phi) is 5.98. The number of halogens is 1. The molecule has 3 heterocycles. The van der Waals surface area contributed by atoms with Gasteiger partial charge in [-0.05, 0) is 42.7 Å². The summed E-state index contributed by atoms with van der Waals surface area (Å²) >= 11 is 0. The van der Waals surface area contributed by atoms with Crippen LogP contribution in [0, 0.1) is 18.2 Å². The summed E-state index contributed by atoms with van der Waals surface area (Å²) in [5.74, 6) is -0.226. The van der Waals surface area contributed by atoms with Gasteiger partial charge in [0, 0.05) is 16.8 Å². The lowest BCUT2D eigenvalue weighted by molar-refractivity contribution is 0.0754. The number of nitrogens with zero attached hydrogens (tertiary/aromatic N) is 5. The van der Waals surface area contributed by atoms with E-state index < -0.39 is 5.41 Å². The van der Waals surface area contributed by atoms with E-state index in [-0.39, 0.29) is 17.6 Å². The number of fused-ring (bicyclic) bond motifs is 2. The van der Waals surface area contributed by atoms with E-state index in [1.54, 1.807) is 18.3 Å². The summed E-state index contributed by atoms with van der Waals surface area (Å²) in [6.45, 7) is 15.8. The van der Waals surface area contributed by atoms with Crippen LogP contribution < -0.4 is 0 Å². The van der Waals surface area contributed by atoms with Gasteiger partial charge in [-0.25, -0.2) is 14.4 Å². The highest BCUT2D eigenvalue weighted by Crippen LogP contribution is 2.33. The first-order valence-corrected chi connectivity index (χ1v) is 10.7. The Morgan fingerprint density at radius 3 is 2.19 bits per heavy atom. The Hall–Kier alpha value is -3.09. The Morgan fingerprint density at radius 1 is 1.03 bits per heavy atom. The molecule has 0 radical (unpaired) electrons. The van der Waals surface area contributed by atoms with Crippen molar-refractivity contribution in [3.05, 3.63) is 47.5 Å². The number of carbonyl (C=O) groups is 1. The summed E-state index contributed by atoms with van der Waals surface area (Å²) in [5.41, 5.74) is 4.67. The molecule has 0 unspecified atom stereocenters. The lowest BCUT2D eigenvalue weighted by atomic mass is 9.96. The van der Waals surface area contributed by atoms with E-state index in [1.807, 2.05) is 46.1 Å². The predicted molar refractivity (Wildman–Crippen MR) is 122 cm³/mol. The van der Waals surface area contributed by atoms with Gasteiger partial charge in [-0.3, -0.25) is 9.36 Å². The van der Waals surface area contributed by atoms with Crippen molar-refractivity contribution in [2.75, 3.05) is 0 Å².